The quantitative estimate of drug-likeness (QED) is 0.125. The molecule has 2 unspecified atom stereocenters. The molecule has 2 heterocycles. The fraction of sp³-hybridized carbons (Fsp3) is 0.326. The summed E-state index contributed by atoms with van der Waals surface area (Å²) >= 11 is 0. The largest absolute Gasteiger partial charge is 0.452 e. The minimum atomic E-state index is -1.25. The summed E-state index contributed by atoms with van der Waals surface area (Å²) < 4.78 is 54.6. The number of rotatable bonds is 14. The van der Waals surface area contributed by atoms with Crippen LogP contribution in [-0.2, 0) is 52.2 Å². The van der Waals surface area contributed by atoms with Crippen molar-refractivity contribution in [3.05, 3.63) is 144 Å². The highest BCUT2D eigenvalue weighted by molar-refractivity contribution is 5.91. The van der Waals surface area contributed by atoms with Gasteiger partial charge in [-0.05, 0) is 48.5 Å². The van der Waals surface area contributed by atoms with Crippen LogP contribution in [0.15, 0.2) is 121 Å². The van der Waals surface area contributed by atoms with Crippen LogP contribution in [0.4, 0.5) is 0 Å². The smallest absolute Gasteiger partial charge is 0.338 e. The highest BCUT2D eigenvalue weighted by atomic mass is 16.8. The molecular weight excluding hydrogens is 756 g/mol. The van der Waals surface area contributed by atoms with Crippen molar-refractivity contribution in [3.8, 4) is 0 Å². The highest BCUT2D eigenvalue weighted by Crippen LogP contribution is 2.31. The van der Waals surface area contributed by atoms with Gasteiger partial charge in [0.2, 0.25) is 12.4 Å². The fourth-order valence-electron chi connectivity index (χ4n) is 6.03. The van der Waals surface area contributed by atoms with Crippen molar-refractivity contribution in [1.82, 2.24) is 0 Å². The van der Waals surface area contributed by atoms with E-state index in [2.05, 4.69) is 0 Å². The summed E-state index contributed by atoms with van der Waals surface area (Å²) in [5.74, 6) is -3.04. The summed E-state index contributed by atoms with van der Waals surface area (Å²) in [6.45, 7) is 1.38. The summed E-state index contributed by atoms with van der Waals surface area (Å²) in [6.07, 6.45) is -7.62. The van der Waals surface area contributed by atoms with Crippen molar-refractivity contribution in [2.75, 3.05) is 34.5 Å². The molecule has 0 radical (unpaired) electrons. The number of carbonyl (C=O) groups is 5. The Labute approximate surface area is 334 Å². The predicted molar refractivity (Wildman–Crippen MR) is 202 cm³/mol. The second-order valence-electron chi connectivity index (χ2n) is 12.8. The van der Waals surface area contributed by atoms with E-state index in [1.165, 1.54) is 28.3 Å². The first-order valence-electron chi connectivity index (χ1n) is 18.2. The van der Waals surface area contributed by atoms with Crippen LogP contribution < -0.4 is 0 Å². The normalized spacial score (nSPS) is 23.4. The lowest BCUT2D eigenvalue weighted by atomic mass is 10.1. The molecule has 6 rings (SSSR count). The van der Waals surface area contributed by atoms with Crippen LogP contribution >= 0.6 is 0 Å². The van der Waals surface area contributed by atoms with Crippen LogP contribution in [0.25, 0.3) is 0 Å². The fourth-order valence-corrected chi connectivity index (χ4v) is 6.03. The number of hydrogen-bond acceptors (Lipinski definition) is 15. The zero-order valence-corrected chi connectivity index (χ0v) is 32.2. The molecule has 2 aliphatic rings. The molecule has 15 nitrogen and oxygen atoms in total. The van der Waals surface area contributed by atoms with E-state index in [1.807, 2.05) is 0 Å². The number of methoxy groups -OCH3 is 3. The van der Waals surface area contributed by atoms with Gasteiger partial charge in [-0.1, -0.05) is 72.8 Å². The molecule has 0 saturated carbocycles. The number of hydrogen-bond donors (Lipinski definition) is 0. The van der Waals surface area contributed by atoms with Crippen LogP contribution in [0, 0.1) is 0 Å². The molecule has 8 atom stereocenters. The lowest BCUT2D eigenvalue weighted by molar-refractivity contribution is -0.188. The van der Waals surface area contributed by atoms with Gasteiger partial charge in [0.1, 0.15) is 12.2 Å². The molecule has 2 fully saturated rings. The van der Waals surface area contributed by atoms with Gasteiger partial charge in [-0.3, -0.25) is 4.79 Å². The summed E-state index contributed by atoms with van der Waals surface area (Å²) in [6, 6.07) is 33.7. The third-order valence-corrected chi connectivity index (χ3v) is 8.72. The second-order valence-corrected chi connectivity index (χ2v) is 12.8. The molecule has 0 amide bonds. The molecule has 0 aliphatic carbocycles. The van der Waals surface area contributed by atoms with Crippen LogP contribution in [0.3, 0.4) is 0 Å². The number of carbonyl (C=O) groups excluding carboxylic acids is 5. The van der Waals surface area contributed by atoms with Crippen molar-refractivity contribution in [2.45, 2.75) is 56.1 Å². The summed E-state index contributed by atoms with van der Waals surface area (Å²) in [4.78, 5) is 61.8. The Kier molecular flexibility index (Phi) is 16.0. The van der Waals surface area contributed by atoms with E-state index < -0.39 is 79.1 Å². The van der Waals surface area contributed by atoms with E-state index in [1.54, 1.807) is 121 Å². The third kappa shape index (κ3) is 11.6. The van der Waals surface area contributed by atoms with E-state index in [9.17, 15) is 24.0 Å². The van der Waals surface area contributed by atoms with Gasteiger partial charge in [-0.2, -0.15) is 0 Å². The van der Waals surface area contributed by atoms with Gasteiger partial charge in [-0.15, -0.1) is 0 Å². The summed E-state index contributed by atoms with van der Waals surface area (Å²) in [5, 5.41) is 0. The molecule has 58 heavy (non-hydrogen) atoms. The maximum atomic E-state index is 12.6. The van der Waals surface area contributed by atoms with Crippen molar-refractivity contribution in [2.24, 2.45) is 0 Å². The van der Waals surface area contributed by atoms with Crippen LogP contribution in [-0.4, -0.2) is 114 Å². The molecule has 0 N–H and O–H groups in total. The van der Waals surface area contributed by atoms with Crippen LogP contribution in [0.1, 0.15) is 48.4 Å². The topological polar surface area (TPSA) is 178 Å². The Balaban J connectivity index is 0.000000221. The number of esters is 5. The third-order valence-electron chi connectivity index (χ3n) is 8.72. The summed E-state index contributed by atoms with van der Waals surface area (Å²) in [7, 11) is 4.38. The van der Waals surface area contributed by atoms with Crippen LogP contribution in [0.5, 0.6) is 0 Å². The van der Waals surface area contributed by atoms with Crippen molar-refractivity contribution in [3.63, 3.8) is 0 Å². The SMILES string of the molecule is COC[C@H]1OC(OC(C)=O)[C@H](OC(=O)c2ccccc2)[C@@H]1OC(=O)c1ccccc1.COC[C@H]1OC(OC)[C@H](OC(=O)c2ccccc2)[C@@H]1OC(=O)c1ccccc1. The van der Waals surface area contributed by atoms with Crippen molar-refractivity contribution >= 4 is 29.8 Å². The molecule has 4 aromatic carbocycles. The molecule has 0 bridgehead atoms. The van der Waals surface area contributed by atoms with E-state index in [-0.39, 0.29) is 13.2 Å². The Hall–Kier alpha value is -5.97. The molecular formula is C43H44O15. The highest BCUT2D eigenvalue weighted by Gasteiger charge is 2.52. The standard InChI is InChI=1S/C22H22O8.C21H22O7/c1-14(23)27-22-19(30-21(25)16-11-7-4-8-12-16)18(17(28-22)13-26-2)29-20(24)15-9-5-3-6-10-15;1-24-13-16-17(27-19(22)14-9-5-3-6-10-14)18(21(25-2)26-16)28-20(23)15-11-7-4-8-12-15/h3-12,17-19,22H,13H2,1-2H3;3-12,16-18,21H,13H2,1-2H3/t17-,18-,19-,22?;16-,17-,18-,21?/m11/s1. The molecule has 2 saturated heterocycles. The molecule has 306 valence electrons. The van der Waals surface area contributed by atoms with Crippen LogP contribution in [0.2, 0.25) is 0 Å². The van der Waals surface area contributed by atoms with Gasteiger partial charge in [0, 0.05) is 28.3 Å². The van der Waals surface area contributed by atoms with Gasteiger partial charge in [-0.25, -0.2) is 19.2 Å². The maximum Gasteiger partial charge on any atom is 0.338 e. The zero-order valence-electron chi connectivity index (χ0n) is 32.2. The average Bonchev–Trinajstić information content (AvgIpc) is 3.73. The van der Waals surface area contributed by atoms with Gasteiger partial charge in [0.05, 0.1) is 35.5 Å². The van der Waals surface area contributed by atoms with E-state index in [0.717, 1.165) is 0 Å². The lowest BCUT2D eigenvalue weighted by Gasteiger charge is -2.23. The van der Waals surface area contributed by atoms with E-state index >= 15 is 0 Å². The molecule has 15 heteroatoms. The average molecular weight is 801 g/mol. The number of benzene rings is 4. The molecule has 4 aromatic rings. The van der Waals surface area contributed by atoms with Crippen molar-refractivity contribution in [1.29, 1.82) is 0 Å². The Morgan fingerprint density at radius 3 is 1.02 bits per heavy atom. The van der Waals surface area contributed by atoms with E-state index in [0.29, 0.717) is 22.3 Å². The van der Waals surface area contributed by atoms with Gasteiger partial charge in [0.15, 0.2) is 24.6 Å². The second kappa shape index (κ2) is 21.5. The molecule has 0 aromatic heterocycles. The zero-order chi connectivity index (χ0) is 41.4. The first kappa shape index (κ1) is 43.2. The predicted octanol–water partition coefficient (Wildman–Crippen LogP) is 4.83. The minimum Gasteiger partial charge on any atom is -0.452 e. The first-order chi connectivity index (χ1) is 28.1. The monoisotopic (exact) mass is 800 g/mol. The summed E-state index contributed by atoms with van der Waals surface area (Å²) in [5.41, 5.74) is 1.37. The first-order valence-corrected chi connectivity index (χ1v) is 18.2. The van der Waals surface area contributed by atoms with Crippen molar-refractivity contribution < 1.29 is 71.3 Å². The molecule has 0 spiro atoms. The Morgan fingerprint density at radius 2 is 0.724 bits per heavy atom. The van der Waals surface area contributed by atoms with Gasteiger partial charge in [0.25, 0.3) is 0 Å². The number of ether oxygens (including phenoxy) is 10. The van der Waals surface area contributed by atoms with Gasteiger partial charge < -0.3 is 47.4 Å². The Bertz CT molecular complexity index is 1930. The maximum absolute atomic E-state index is 12.6. The minimum absolute atomic E-state index is 0.0316. The van der Waals surface area contributed by atoms with E-state index in [4.69, 9.17) is 47.4 Å². The lowest BCUT2D eigenvalue weighted by Crippen LogP contribution is -2.42. The van der Waals surface area contributed by atoms with Gasteiger partial charge >= 0.3 is 29.8 Å². The molecule has 2 aliphatic heterocycles. The Morgan fingerprint density at radius 1 is 0.431 bits per heavy atom.